The molecule has 0 aromatic carbocycles. The first kappa shape index (κ1) is 21.8. The molecule has 2 heterocycles. The van der Waals surface area contributed by atoms with Crippen molar-refractivity contribution in [1.29, 1.82) is 0 Å². The molecule has 1 aromatic rings. The van der Waals surface area contributed by atoms with Crippen LogP contribution in [0.5, 0.6) is 0 Å². The van der Waals surface area contributed by atoms with Gasteiger partial charge in [0.25, 0.3) is 0 Å². The van der Waals surface area contributed by atoms with Gasteiger partial charge in [0.15, 0.2) is 5.16 Å². The fraction of sp³-hybridized carbons (Fsp3) is 0.667. The van der Waals surface area contributed by atoms with Crippen molar-refractivity contribution in [2.24, 2.45) is 0 Å². The van der Waals surface area contributed by atoms with Crippen molar-refractivity contribution < 1.29 is 9.59 Å². The Bertz CT molecular complexity index is 695. The van der Waals surface area contributed by atoms with Crippen LogP contribution in [-0.4, -0.2) is 63.7 Å². The Balaban J connectivity index is 2.03. The first-order valence-electron chi connectivity index (χ1n) is 9.12. The highest BCUT2D eigenvalue weighted by molar-refractivity contribution is 7.99. The highest BCUT2D eigenvalue weighted by atomic mass is 35.5. The summed E-state index contributed by atoms with van der Waals surface area (Å²) in [5.41, 5.74) is -0.274. The molecule has 1 saturated heterocycles. The zero-order valence-electron chi connectivity index (χ0n) is 16.6. The molecule has 0 spiro atoms. The van der Waals surface area contributed by atoms with Crippen LogP contribution >= 0.6 is 23.4 Å². The average molecular weight is 414 g/mol. The van der Waals surface area contributed by atoms with Crippen LogP contribution in [0.1, 0.15) is 41.0 Å². The molecule has 1 aromatic heterocycles. The molecule has 0 radical (unpaired) electrons. The van der Waals surface area contributed by atoms with Crippen LogP contribution in [0.15, 0.2) is 11.2 Å². The number of nitrogens with one attached hydrogen (secondary N) is 1. The van der Waals surface area contributed by atoms with Gasteiger partial charge < -0.3 is 15.1 Å². The summed E-state index contributed by atoms with van der Waals surface area (Å²) in [7, 11) is 0. The van der Waals surface area contributed by atoms with Gasteiger partial charge in [-0.2, -0.15) is 0 Å². The summed E-state index contributed by atoms with van der Waals surface area (Å²) in [4.78, 5) is 36.8. The van der Waals surface area contributed by atoms with Crippen molar-refractivity contribution in [3.05, 3.63) is 11.2 Å². The number of amides is 2. The third kappa shape index (κ3) is 6.53. The van der Waals surface area contributed by atoms with Crippen LogP contribution in [0.3, 0.4) is 0 Å². The molecule has 0 bridgehead atoms. The summed E-state index contributed by atoms with van der Waals surface area (Å²) in [5.74, 6) is 1.05. The first-order chi connectivity index (χ1) is 12.6. The number of anilines is 1. The molecule has 1 N–H and O–H groups in total. The number of thioether (sulfide) groups is 1. The van der Waals surface area contributed by atoms with E-state index in [-0.39, 0.29) is 29.1 Å². The Morgan fingerprint density at radius 1 is 1.33 bits per heavy atom. The molecule has 1 fully saturated rings. The fourth-order valence-corrected chi connectivity index (χ4v) is 3.82. The van der Waals surface area contributed by atoms with Crippen molar-refractivity contribution in [2.45, 2.75) is 57.8 Å². The number of hydrogen-bond donors (Lipinski definition) is 1. The maximum atomic E-state index is 12.0. The van der Waals surface area contributed by atoms with Crippen LogP contribution in [0.4, 0.5) is 5.82 Å². The van der Waals surface area contributed by atoms with Crippen molar-refractivity contribution in [3.8, 4) is 0 Å². The standard InChI is InChI=1S/C18H28ClN5O2S/c1-6-16(26)24-8-7-23(10-12(24)2)14-9-13(19)20-17(21-14)27-11-15(25)22-18(3,4)5/h9,12H,6-8,10-11H2,1-5H3,(H,22,25)/t12-/m1/s1. The lowest BCUT2D eigenvalue weighted by Crippen LogP contribution is -2.54. The van der Waals surface area contributed by atoms with E-state index < -0.39 is 0 Å². The average Bonchev–Trinajstić information content (AvgIpc) is 2.57. The fourth-order valence-electron chi connectivity index (χ4n) is 2.94. The summed E-state index contributed by atoms with van der Waals surface area (Å²) in [5, 5.41) is 3.73. The maximum absolute atomic E-state index is 12.0. The minimum absolute atomic E-state index is 0.0714. The Morgan fingerprint density at radius 3 is 2.63 bits per heavy atom. The molecule has 1 aliphatic heterocycles. The largest absolute Gasteiger partial charge is 0.353 e. The molecular weight excluding hydrogens is 386 g/mol. The van der Waals surface area contributed by atoms with Crippen LogP contribution in [0.25, 0.3) is 0 Å². The highest BCUT2D eigenvalue weighted by Crippen LogP contribution is 2.24. The number of hydrogen-bond acceptors (Lipinski definition) is 6. The lowest BCUT2D eigenvalue weighted by Gasteiger charge is -2.40. The van der Waals surface area contributed by atoms with Crippen molar-refractivity contribution in [3.63, 3.8) is 0 Å². The van der Waals surface area contributed by atoms with Crippen LogP contribution < -0.4 is 10.2 Å². The van der Waals surface area contributed by atoms with Gasteiger partial charge in [0, 0.05) is 43.7 Å². The molecule has 2 amide bonds. The molecule has 1 aliphatic rings. The molecule has 7 nitrogen and oxygen atoms in total. The van der Waals surface area contributed by atoms with E-state index in [0.29, 0.717) is 36.4 Å². The molecular formula is C18H28ClN5O2S. The predicted molar refractivity (Wildman–Crippen MR) is 109 cm³/mol. The van der Waals surface area contributed by atoms with E-state index in [0.717, 1.165) is 5.82 Å². The smallest absolute Gasteiger partial charge is 0.230 e. The van der Waals surface area contributed by atoms with Crippen LogP contribution in [0.2, 0.25) is 5.15 Å². The quantitative estimate of drug-likeness (QED) is 0.454. The zero-order chi connectivity index (χ0) is 20.2. The molecule has 0 saturated carbocycles. The molecule has 2 rings (SSSR count). The van der Waals surface area contributed by atoms with E-state index in [9.17, 15) is 9.59 Å². The summed E-state index contributed by atoms with van der Waals surface area (Å²) < 4.78 is 0. The van der Waals surface area contributed by atoms with Gasteiger partial charge in [-0.1, -0.05) is 30.3 Å². The van der Waals surface area contributed by atoms with E-state index in [2.05, 4.69) is 20.2 Å². The van der Waals surface area contributed by atoms with Gasteiger partial charge in [0.05, 0.1) is 5.75 Å². The van der Waals surface area contributed by atoms with Gasteiger partial charge >= 0.3 is 0 Å². The summed E-state index contributed by atoms with van der Waals surface area (Å²) in [6, 6.07) is 1.83. The Labute approximate surface area is 170 Å². The minimum Gasteiger partial charge on any atom is -0.353 e. The van der Waals surface area contributed by atoms with Gasteiger partial charge in [0.1, 0.15) is 11.0 Å². The van der Waals surface area contributed by atoms with E-state index >= 15 is 0 Å². The van der Waals surface area contributed by atoms with Gasteiger partial charge in [-0.25, -0.2) is 9.97 Å². The summed E-state index contributed by atoms with van der Waals surface area (Å²) >= 11 is 7.43. The number of nitrogens with zero attached hydrogens (tertiary/aromatic N) is 4. The lowest BCUT2D eigenvalue weighted by molar-refractivity contribution is -0.133. The summed E-state index contributed by atoms with van der Waals surface area (Å²) in [6.07, 6.45) is 0.515. The van der Waals surface area contributed by atoms with Crippen LogP contribution in [0, 0.1) is 0 Å². The topological polar surface area (TPSA) is 78.4 Å². The first-order valence-corrected chi connectivity index (χ1v) is 10.5. The second-order valence-corrected chi connectivity index (χ2v) is 8.98. The Kier molecular flexibility index (Phi) is 7.33. The van der Waals surface area contributed by atoms with E-state index in [1.54, 1.807) is 6.07 Å². The Morgan fingerprint density at radius 2 is 2.04 bits per heavy atom. The lowest BCUT2D eigenvalue weighted by atomic mass is 10.1. The monoisotopic (exact) mass is 413 g/mol. The van der Waals surface area contributed by atoms with Crippen molar-refractivity contribution in [1.82, 2.24) is 20.2 Å². The number of aromatic nitrogens is 2. The number of halogens is 1. The molecule has 0 aliphatic carbocycles. The minimum atomic E-state index is -0.274. The third-order valence-corrected chi connectivity index (χ3v) is 5.12. The third-order valence-electron chi connectivity index (χ3n) is 4.08. The van der Waals surface area contributed by atoms with Crippen molar-refractivity contribution >= 4 is 41.0 Å². The van der Waals surface area contributed by atoms with Gasteiger partial charge in [0.2, 0.25) is 11.8 Å². The van der Waals surface area contributed by atoms with Gasteiger partial charge in [-0.3, -0.25) is 9.59 Å². The van der Waals surface area contributed by atoms with Crippen LogP contribution in [-0.2, 0) is 9.59 Å². The van der Waals surface area contributed by atoms with Crippen molar-refractivity contribution in [2.75, 3.05) is 30.3 Å². The van der Waals surface area contributed by atoms with E-state index in [4.69, 9.17) is 11.6 Å². The molecule has 150 valence electrons. The SMILES string of the molecule is CCC(=O)N1CCN(c2cc(Cl)nc(SCC(=O)NC(C)(C)C)n2)C[C@H]1C. The van der Waals surface area contributed by atoms with E-state index in [1.165, 1.54) is 11.8 Å². The Hall–Kier alpha value is -1.54. The number of piperazine rings is 1. The molecule has 0 unspecified atom stereocenters. The summed E-state index contributed by atoms with van der Waals surface area (Å²) in [6.45, 7) is 11.8. The molecule has 1 atom stereocenters. The highest BCUT2D eigenvalue weighted by Gasteiger charge is 2.27. The maximum Gasteiger partial charge on any atom is 0.230 e. The normalized spacial score (nSPS) is 17.8. The molecule has 27 heavy (non-hydrogen) atoms. The molecule has 9 heteroatoms. The second-order valence-electron chi connectivity index (χ2n) is 7.65. The number of carbonyl (C=O) groups is 2. The number of carbonyl (C=O) groups excluding carboxylic acids is 2. The van der Waals surface area contributed by atoms with E-state index in [1.807, 2.05) is 39.5 Å². The second kappa shape index (κ2) is 9.10. The number of rotatable bonds is 5. The zero-order valence-corrected chi connectivity index (χ0v) is 18.2. The predicted octanol–water partition coefficient (Wildman–Crippen LogP) is 2.58. The van der Waals surface area contributed by atoms with Gasteiger partial charge in [-0.15, -0.1) is 0 Å². The van der Waals surface area contributed by atoms with Gasteiger partial charge in [-0.05, 0) is 27.7 Å².